The van der Waals surface area contributed by atoms with Crippen LogP contribution in [0.2, 0.25) is 0 Å². The molecule has 0 spiro atoms. The minimum atomic E-state index is -3.48. The van der Waals surface area contributed by atoms with Crippen molar-refractivity contribution in [1.82, 2.24) is 14.2 Å². The molecule has 0 bridgehead atoms. The third kappa shape index (κ3) is 4.43. The molecule has 0 saturated carbocycles. The van der Waals surface area contributed by atoms with Gasteiger partial charge in [0.15, 0.2) is 0 Å². The third-order valence-electron chi connectivity index (χ3n) is 3.46. The van der Waals surface area contributed by atoms with Gasteiger partial charge in [-0.25, -0.2) is 17.7 Å². The van der Waals surface area contributed by atoms with Crippen LogP contribution in [0.25, 0.3) is 0 Å². The van der Waals surface area contributed by atoms with Crippen LogP contribution in [-0.4, -0.2) is 74.2 Å². The van der Waals surface area contributed by atoms with Crippen molar-refractivity contribution in [2.45, 2.75) is 22.1 Å². The van der Waals surface area contributed by atoms with Crippen molar-refractivity contribution >= 4 is 27.7 Å². The molecule has 23 heavy (non-hydrogen) atoms. The van der Waals surface area contributed by atoms with Crippen molar-refractivity contribution in [2.24, 2.45) is 0 Å². The highest BCUT2D eigenvalue weighted by Gasteiger charge is 2.24. The highest BCUT2D eigenvalue weighted by Crippen LogP contribution is 2.24. The van der Waals surface area contributed by atoms with Gasteiger partial charge in [0.25, 0.3) is 0 Å². The fourth-order valence-electron chi connectivity index (χ4n) is 2.07. The second-order valence-electron chi connectivity index (χ2n) is 5.32. The van der Waals surface area contributed by atoms with Gasteiger partial charge in [0.2, 0.25) is 15.9 Å². The summed E-state index contributed by atoms with van der Waals surface area (Å²) in [4.78, 5) is 18.4. The third-order valence-corrected chi connectivity index (χ3v) is 6.29. The van der Waals surface area contributed by atoms with Gasteiger partial charge in [0, 0.05) is 33.4 Å². The number of ether oxygens (including phenoxy) is 1. The summed E-state index contributed by atoms with van der Waals surface area (Å²) in [5.74, 6) is 0.0464. The first-order valence-electron chi connectivity index (χ1n) is 7.24. The van der Waals surface area contributed by atoms with E-state index in [-0.39, 0.29) is 16.1 Å². The summed E-state index contributed by atoms with van der Waals surface area (Å²) in [6, 6.07) is 3.14. The van der Waals surface area contributed by atoms with Gasteiger partial charge in [-0.2, -0.15) is 0 Å². The van der Waals surface area contributed by atoms with Crippen molar-refractivity contribution in [2.75, 3.05) is 40.4 Å². The van der Waals surface area contributed by atoms with Crippen LogP contribution in [0.5, 0.6) is 0 Å². The lowest BCUT2D eigenvalue weighted by Crippen LogP contribution is -2.44. The fourth-order valence-corrected chi connectivity index (χ4v) is 3.79. The normalized spacial score (nSPS) is 17.3. The average molecular weight is 359 g/mol. The quantitative estimate of drug-likeness (QED) is 0.719. The second kappa shape index (κ2) is 7.61. The lowest BCUT2D eigenvalue weighted by atomic mass is 10.3. The van der Waals surface area contributed by atoms with Crippen LogP contribution in [0.1, 0.15) is 6.92 Å². The zero-order valence-corrected chi connectivity index (χ0v) is 15.1. The van der Waals surface area contributed by atoms with Gasteiger partial charge in [-0.3, -0.25) is 4.79 Å². The van der Waals surface area contributed by atoms with Gasteiger partial charge in [0.1, 0.15) is 4.90 Å². The highest BCUT2D eigenvalue weighted by molar-refractivity contribution is 8.00. The number of carbonyl (C=O) groups excluding carboxylic acids is 1. The maximum absolute atomic E-state index is 12.3. The van der Waals surface area contributed by atoms with E-state index in [1.807, 2.05) is 6.92 Å². The molecule has 2 heterocycles. The largest absolute Gasteiger partial charge is 0.378 e. The Hall–Kier alpha value is -1.16. The van der Waals surface area contributed by atoms with Crippen LogP contribution < -0.4 is 0 Å². The Morgan fingerprint density at radius 2 is 2.00 bits per heavy atom. The number of pyridine rings is 1. The topological polar surface area (TPSA) is 79.8 Å². The van der Waals surface area contributed by atoms with Crippen molar-refractivity contribution in [3.05, 3.63) is 18.3 Å². The molecule has 1 aromatic heterocycles. The molecule has 0 aromatic carbocycles. The van der Waals surface area contributed by atoms with Gasteiger partial charge in [0.05, 0.1) is 23.5 Å². The zero-order chi connectivity index (χ0) is 17.0. The molecule has 0 radical (unpaired) electrons. The molecule has 0 aliphatic carbocycles. The number of thioether (sulfide) groups is 1. The maximum atomic E-state index is 12.3. The standard InChI is InChI=1S/C14H21N3O4S2/c1-11(14(18)17-6-8-21-9-7-17)22-13-5-4-12(10-15-13)23(19,20)16(2)3/h4-5,10-11H,6-9H2,1-3H3/t11-/m0/s1. The van der Waals surface area contributed by atoms with Crippen molar-refractivity contribution in [3.63, 3.8) is 0 Å². The Balaban J connectivity index is 2.01. The van der Waals surface area contributed by atoms with Gasteiger partial charge in [-0.15, -0.1) is 0 Å². The van der Waals surface area contributed by atoms with E-state index < -0.39 is 10.0 Å². The first kappa shape index (κ1) is 18.2. The number of morpholine rings is 1. The molecule has 0 unspecified atom stereocenters. The molecule has 1 aromatic rings. The number of sulfonamides is 1. The van der Waals surface area contributed by atoms with E-state index in [2.05, 4.69) is 4.98 Å². The van der Waals surface area contributed by atoms with Crippen LogP contribution in [0.4, 0.5) is 0 Å². The lowest BCUT2D eigenvalue weighted by Gasteiger charge is -2.28. The number of nitrogens with zero attached hydrogens (tertiary/aromatic N) is 3. The summed E-state index contributed by atoms with van der Waals surface area (Å²) < 4.78 is 30.4. The first-order valence-corrected chi connectivity index (χ1v) is 9.56. The average Bonchev–Trinajstić information content (AvgIpc) is 2.55. The minimum Gasteiger partial charge on any atom is -0.378 e. The summed E-state index contributed by atoms with van der Waals surface area (Å²) in [5.41, 5.74) is 0. The van der Waals surface area contributed by atoms with E-state index >= 15 is 0 Å². The van der Waals surface area contributed by atoms with E-state index in [4.69, 9.17) is 4.74 Å². The Morgan fingerprint density at radius 3 is 2.52 bits per heavy atom. The van der Waals surface area contributed by atoms with Gasteiger partial charge in [-0.1, -0.05) is 11.8 Å². The van der Waals surface area contributed by atoms with Gasteiger partial charge in [-0.05, 0) is 19.1 Å². The molecule has 1 aliphatic heterocycles. The summed E-state index contributed by atoms with van der Waals surface area (Å²) >= 11 is 1.32. The smallest absolute Gasteiger partial charge is 0.244 e. The number of rotatable bonds is 5. The molecule has 7 nitrogen and oxygen atoms in total. The van der Waals surface area contributed by atoms with Crippen molar-refractivity contribution in [3.8, 4) is 0 Å². The molecule has 1 aliphatic rings. The van der Waals surface area contributed by atoms with E-state index in [9.17, 15) is 13.2 Å². The Kier molecular flexibility index (Phi) is 6.01. The van der Waals surface area contributed by atoms with Crippen molar-refractivity contribution < 1.29 is 17.9 Å². The molecule has 1 fully saturated rings. The Morgan fingerprint density at radius 1 is 1.35 bits per heavy atom. The fraction of sp³-hybridized carbons (Fsp3) is 0.571. The molecular weight excluding hydrogens is 338 g/mol. The molecule has 1 amide bonds. The summed E-state index contributed by atoms with van der Waals surface area (Å²) in [5, 5.41) is 0.341. The molecule has 1 atom stereocenters. The lowest BCUT2D eigenvalue weighted by molar-refractivity contribution is -0.134. The van der Waals surface area contributed by atoms with Crippen LogP contribution in [0.3, 0.4) is 0 Å². The van der Waals surface area contributed by atoms with Gasteiger partial charge >= 0.3 is 0 Å². The number of aromatic nitrogens is 1. The van der Waals surface area contributed by atoms with E-state index in [1.165, 1.54) is 38.1 Å². The van der Waals surface area contributed by atoms with Crippen LogP contribution in [0, 0.1) is 0 Å². The molecule has 0 N–H and O–H groups in total. The summed E-state index contributed by atoms with van der Waals surface area (Å²) in [6.07, 6.45) is 1.32. The molecule has 1 saturated heterocycles. The number of hydrogen-bond donors (Lipinski definition) is 0. The number of amides is 1. The highest BCUT2D eigenvalue weighted by atomic mass is 32.2. The van der Waals surface area contributed by atoms with Crippen LogP contribution in [0.15, 0.2) is 28.3 Å². The number of carbonyl (C=O) groups is 1. The SMILES string of the molecule is C[C@H](Sc1ccc(S(=O)(=O)N(C)C)cn1)C(=O)N1CCOCC1. The predicted octanol–water partition coefficient (Wildman–Crippen LogP) is 0.671. The van der Waals surface area contributed by atoms with E-state index in [1.54, 1.807) is 11.0 Å². The monoisotopic (exact) mass is 359 g/mol. The summed E-state index contributed by atoms with van der Waals surface area (Å²) in [7, 11) is -0.537. The van der Waals surface area contributed by atoms with E-state index in [0.717, 1.165) is 4.31 Å². The predicted molar refractivity (Wildman–Crippen MR) is 87.8 cm³/mol. The second-order valence-corrected chi connectivity index (χ2v) is 8.83. The Bertz CT molecular complexity index is 640. The summed E-state index contributed by atoms with van der Waals surface area (Å²) in [6.45, 7) is 4.18. The molecule has 128 valence electrons. The molecule has 2 rings (SSSR count). The van der Waals surface area contributed by atoms with Crippen molar-refractivity contribution in [1.29, 1.82) is 0 Å². The minimum absolute atomic E-state index is 0.0464. The Labute approximate surface area is 141 Å². The zero-order valence-electron chi connectivity index (χ0n) is 13.4. The van der Waals surface area contributed by atoms with Crippen LogP contribution in [-0.2, 0) is 19.6 Å². The van der Waals surface area contributed by atoms with E-state index in [0.29, 0.717) is 31.3 Å². The van der Waals surface area contributed by atoms with Crippen LogP contribution >= 0.6 is 11.8 Å². The maximum Gasteiger partial charge on any atom is 0.244 e. The molecular formula is C14H21N3O4S2. The molecule has 9 heteroatoms. The van der Waals surface area contributed by atoms with Gasteiger partial charge < -0.3 is 9.64 Å². The first-order chi connectivity index (χ1) is 10.8. The number of hydrogen-bond acceptors (Lipinski definition) is 6.